The Morgan fingerprint density at radius 1 is 1.10 bits per heavy atom. The molecule has 1 heterocycles. The van der Waals surface area contributed by atoms with E-state index in [2.05, 4.69) is 47.8 Å². The van der Waals surface area contributed by atoms with Crippen molar-refractivity contribution in [2.45, 2.75) is 24.9 Å². The van der Waals surface area contributed by atoms with E-state index in [1.165, 1.54) is 21.2 Å². The lowest BCUT2D eigenvalue weighted by Gasteiger charge is -2.31. The highest BCUT2D eigenvalue weighted by Crippen LogP contribution is 2.42. The Hall–Kier alpha value is -1.64. The first-order chi connectivity index (χ1) is 9.83. The molecule has 0 saturated carbocycles. The number of aliphatic hydroxyl groups is 1. The first-order valence-electron chi connectivity index (χ1n) is 7.05. The van der Waals surface area contributed by atoms with Gasteiger partial charge < -0.3 is 5.11 Å². The molecule has 2 unspecified atom stereocenters. The molecule has 0 bridgehead atoms. The van der Waals surface area contributed by atoms with Crippen LogP contribution in [0.5, 0.6) is 0 Å². The van der Waals surface area contributed by atoms with Crippen LogP contribution in [-0.2, 0) is 6.42 Å². The van der Waals surface area contributed by atoms with Crippen LogP contribution >= 0.6 is 11.3 Å². The van der Waals surface area contributed by atoms with Crippen molar-refractivity contribution in [3.05, 3.63) is 70.6 Å². The fourth-order valence-electron chi connectivity index (χ4n) is 3.23. The highest BCUT2D eigenvalue weighted by molar-refractivity contribution is 7.17. The summed E-state index contributed by atoms with van der Waals surface area (Å²) in [4.78, 5) is 0. The van der Waals surface area contributed by atoms with Crippen LogP contribution in [-0.4, -0.2) is 5.11 Å². The van der Waals surface area contributed by atoms with Gasteiger partial charge in [0.1, 0.15) is 0 Å². The van der Waals surface area contributed by atoms with Crippen molar-refractivity contribution in [3.63, 3.8) is 0 Å². The van der Waals surface area contributed by atoms with Crippen molar-refractivity contribution in [1.29, 1.82) is 0 Å². The smallest absolute Gasteiger partial charge is 0.0810 e. The monoisotopic (exact) mass is 280 g/mol. The van der Waals surface area contributed by atoms with Crippen molar-refractivity contribution in [2.24, 2.45) is 0 Å². The van der Waals surface area contributed by atoms with E-state index in [1.807, 2.05) is 6.07 Å². The maximum absolute atomic E-state index is 10.6. The van der Waals surface area contributed by atoms with Crippen LogP contribution in [0.2, 0.25) is 0 Å². The normalized spacial score (nSPS) is 18.6. The molecule has 0 amide bonds. The quantitative estimate of drug-likeness (QED) is 0.739. The van der Waals surface area contributed by atoms with E-state index in [-0.39, 0.29) is 6.10 Å². The van der Waals surface area contributed by atoms with Crippen molar-refractivity contribution in [2.75, 3.05) is 0 Å². The summed E-state index contributed by atoms with van der Waals surface area (Å²) in [7, 11) is 0. The molecule has 100 valence electrons. The van der Waals surface area contributed by atoms with Gasteiger partial charge in [-0.1, -0.05) is 42.5 Å². The predicted molar refractivity (Wildman–Crippen MR) is 84.3 cm³/mol. The third-order valence-electron chi connectivity index (χ3n) is 4.34. The maximum atomic E-state index is 10.6. The molecule has 2 atom stereocenters. The van der Waals surface area contributed by atoms with Gasteiger partial charge in [-0.25, -0.2) is 0 Å². The van der Waals surface area contributed by atoms with Crippen LogP contribution in [0.15, 0.2) is 53.9 Å². The van der Waals surface area contributed by atoms with Gasteiger partial charge >= 0.3 is 0 Å². The number of hydrogen-bond acceptors (Lipinski definition) is 2. The topological polar surface area (TPSA) is 20.2 Å². The molecule has 0 aliphatic heterocycles. The van der Waals surface area contributed by atoms with Crippen molar-refractivity contribution >= 4 is 21.4 Å². The van der Waals surface area contributed by atoms with Gasteiger partial charge in [-0.2, -0.15) is 0 Å². The molecule has 1 aliphatic carbocycles. The molecule has 4 rings (SSSR count). The zero-order chi connectivity index (χ0) is 13.5. The fourth-order valence-corrected chi connectivity index (χ4v) is 4.23. The second-order valence-electron chi connectivity index (χ2n) is 5.54. The Kier molecular flexibility index (Phi) is 2.86. The van der Waals surface area contributed by atoms with Crippen LogP contribution in [0.25, 0.3) is 10.1 Å². The van der Waals surface area contributed by atoms with E-state index in [9.17, 15) is 5.11 Å². The molecule has 0 saturated heterocycles. The number of thiophene rings is 1. The van der Waals surface area contributed by atoms with E-state index in [0.717, 1.165) is 18.4 Å². The second-order valence-corrected chi connectivity index (χ2v) is 6.45. The molecule has 3 aromatic rings. The molecular weight excluding hydrogens is 264 g/mol. The minimum atomic E-state index is -0.357. The largest absolute Gasteiger partial charge is 0.388 e. The third-order valence-corrected chi connectivity index (χ3v) is 5.32. The van der Waals surface area contributed by atoms with Gasteiger partial charge in [0, 0.05) is 4.70 Å². The lowest BCUT2D eigenvalue weighted by molar-refractivity contribution is 0.155. The average molecular weight is 280 g/mol. The summed E-state index contributed by atoms with van der Waals surface area (Å²) in [5.41, 5.74) is 3.96. The van der Waals surface area contributed by atoms with Gasteiger partial charge in [-0.15, -0.1) is 11.3 Å². The molecule has 0 radical (unpaired) electrons. The van der Waals surface area contributed by atoms with E-state index in [0.29, 0.717) is 5.92 Å². The number of hydrogen-bond donors (Lipinski definition) is 1. The van der Waals surface area contributed by atoms with Crippen molar-refractivity contribution in [1.82, 2.24) is 0 Å². The predicted octanol–water partition coefficient (Wildman–Crippen LogP) is 4.66. The highest BCUT2D eigenvalue weighted by Gasteiger charge is 2.28. The molecule has 0 spiro atoms. The number of aliphatic hydroxyl groups excluding tert-OH is 1. The van der Waals surface area contributed by atoms with Gasteiger partial charge in [-0.3, -0.25) is 0 Å². The summed E-state index contributed by atoms with van der Waals surface area (Å²) < 4.78 is 1.26. The van der Waals surface area contributed by atoms with Gasteiger partial charge in [0.25, 0.3) is 0 Å². The van der Waals surface area contributed by atoms with E-state index in [4.69, 9.17) is 0 Å². The van der Waals surface area contributed by atoms with Crippen LogP contribution < -0.4 is 0 Å². The molecule has 2 heteroatoms. The van der Waals surface area contributed by atoms with Crippen LogP contribution in [0.4, 0.5) is 0 Å². The second kappa shape index (κ2) is 4.72. The lowest BCUT2D eigenvalue weighted by atomic mass is 9.74. The fraction of sp³-hybridized carbons (Fsp3) is 0.222. The third kappa shape index (κ3) is 1.88. The van der Waals surface area contributed by atoms with Gasteiger partial charge in [0.05, 0.1) is 6.10 Å². The summed E-state index contributed by atoms with van der Waals surface area (Å²) in [6, 6.07) is 16.9. The number of rotatable bonds is 3. The van der Waals surface area contributed by atoms with Crippen molar-refractivity contribution < 1.29 is 5.11 Å². The number of fused-ring (bicyclic) bond motifs is 2. The van der Waals surface area contributed by atoms with Gasteiger partial charge in [-0.05, 0) is 52.3 Å². The summed E-state index contributed by atoms with van der Waals surface area (Å²) in [5.74, 6) is 0.514. The van der Waals surface area contributed by atoms with E-state index >= 15 is 0 Å². The van der Waals surface area contributed by atoms with Crippen molar-refractivity contribution in [3.8, 4) is 0 Å². The molecule has 2 aromatic carbocycles. The molecule has 1 N–H and O–H groups in total. The standard InChI is InChI=1S/C18H16OS/c19-17(10-13-9-12-5-1-2-6-14(12)13)16-11-20-18-8-4-3-7-15(16)18/h1-8,11,13,17,19H,9-10H2. The van der Waals surface area contributed by atoms with Crippen LogP contribution in [0.1, 0.15) is 35.1 Å². The number of benzene rings is 2. The SMILES string of the molecule is OC(CC1Cc2ccccc21)c1csc2ccccc12. The van der Waals surface area contributed by atoms with Crippen LogP contribution in [0.3, 0.4) is 0 Å². The Labute approximate surface area is 122 Å². The molecule has 1 aliphatic rings. The minimum Gasteiger partial charge on any atom is -0.388 e. The molecule has 0 fully saturated rings. The Balaban J connectivity index is 1.58. The molecular formula is C18H16OS. The van der Waals surface area contributed by atoms with Gasteiger partial charge in [0.2, 0.25) is 0 Å². The maximum Gasteiger partial charge on any atom is 0.0810 e. The Bertz CT molecular complexity index is 759. The lowest BCUT2D eigenvalue weighted by Crippen LogP contribution is -2.19. The molecule has 1 aromatic heterocycles. The Morgan fingerprint density at radius 2 is 1.90 bits per heavy atom. The summed E-state index contributed by atoms with van der Waals surface area (Å²) in [5, 5.41) is 13.9. The van der Waals surface area contributed by atoms with Gasteiger partial charge in [0.15, 0.2) is 0 Å². The highest BCUT2D eigenvalue weighted by atomic mass is 32.1. The van der Waals surface area contributed by atoms with Crippen LogP contribution in [0, 0.1) is 0 Å². The first kappa shape index (κ1) is 12.1. The Morgan fingerprint density at radius 3 is 2.80 bits per heavy atom. The summed E-state index contributed by atoms with van der Waals surface area (Å²) in [6.07, 6.45) is 1.58. The molecule has 20 heavy (non-hydrogen) atoms. The average Bonchev–Trinajstić information content (AvgIpc) is 2.88. The first-order valence-corrected chi connectivity index (χ1v) is 7.93. The minimum absolute atomic E-state index is 0.357. The van der Waals surface area contributed by atoms with E-state index < -0.39 is 0 Å². The van der Waals surface area contributed by atoms with E-state index in [1.54, 1.807) is 11.3 Å². The zero-order valence-corrected chi connectivity index (χ0v) is 11.9. The summed E-state index contributed by atoms with van der Waals surface area (Å²) >= 11 is 1.72. The molecule has 1 nitrogen and oxygen atoms in total. The zero-order valence-electron chi connectivity index (χ0n) is 11.1. The summed E-state index contributed by atoms with van der Waals surface area (Å²) in [6.45, 7) is 0.